The van der Waals surface area contributed by atoms with Crippen molar-refractivity contribution in [2.75, 3.05) is 7.05 Å². The number of amides is 1. The molecule has 3 rings (SSSR count). The molecule has 0 spiro atoms. The monoisotopic (exact) mass is 385 g/mol. The van der Waals surface area contributed by atoms with Crippen LogP contribution in [0.4, 0.5) is 0 Å². The molecule has 2 fully saturated rings. The number of allylic oxidation sites excluding steroid dienone is 2. The number of carboxylic acids is 1. The largest absolute Gasteiger partial charge is 0.481 e. The number of rotatable bonds is 9. The van der Waals surface area contributed by atoms with Gasteiger partial charge < -0.3 is 9.84 Å². The van der Waals surface area contributed by atoms with E-state index in [1.54, 1.807) is 25.4 Å². The number of ether oxygens (including phenoxy) is 1. The van der Waals surface area contributed by atoms with Crippen LogP contribution in [0.1, 0.15) is 48.9 Å². The van der Waals surface area contributed by atoms with Crippen molar-refractivity contribution >= 4 is 18.1 Å². The molecule has 0 unspecified atom stereocenters. The molecule has 1 aromatic rings. The summed E-state index contributed by atoms with van der Waals surface area (Å²) in [5.41, 5.74) is 0.507. The zero-order chi connectivity index (χ0) is 19.9. The van der Waals surface area contributed by atoms with Crippen LogP contribution < -0.4 is 0 Å². The number of nitrogens with zero attached hydrogens (tertiary/aromatic N) is 3. The van der Waals surface area contributed by atoms with Gasteiger partial charge in [-0.3, -0.25) is 14.6 Å². The zero-order valence-corrected chi connectivity index (χ0v) is 16.1. The summed E-state index contributed by atoms with van der Waals surface area (Å²) in [6.45, 7) is 0. The highest BCUT2D eigenvalue weighted by atomic mass is 16.5. The van der Waals surface area contributed by atoms with Crippen LogP contribution in [0.2, 0.25) is 0 Å². The summed E-state index contributed by atoms with van der Waals surface area (Å²) < 4.78 is 6.07. The Bertz CT molecular complexity index is 734. The molecule has 1 amide bonds. The summed E-state index contributed by atoms with van der Waals surface area (Å²) in [6.07, 6.45) is 14.2. The van der Waals surface area contributed by atoms with Crippen molar-refractivity contribution < 1.29 is 19.4 Å². The molecule has 7 nitrogen and oxygen atoms in total. The minimum absolute atomic E-state index is 0.168. The van der Waals surface area contributed by atoms with Crippen LogP contribution >= 0.6 is 0 Å². The average Bonchev–Trinajstić information content (AvgIpc) is 3.30. The topological polar surface area (TPSA) is 92.1 Å². The maximum atomic E-state index is 12.4. The predicted octanol–water partition coefficient (Wildman–Crippen LogP) is 3.13. The fraction of sp³-hybridized carbons (Fsp3) is 0.524. The van der Waals surface area contributed by atoms with Crippen LogP contribution in [-0.4, -0.2) is 52.4 Å². The number of unbranched alkanes of at least 4 members (excludes halogenated alkanes) is 1. The first kappa shape index (κ1) is 20.2. The van der Waals surface area contributed by atoms with Gasteiger partial charge in [0.2, 0.25) is 0 Å². The molecular weight excluding hydrogens is 358 g/mol. The summed E-state index contributed by atoms with van der Waals surface area (Å²) in [4.78, 5) is 26.9. The molecule has 2 aliphatic heterocycles. The van der Waals surface area contributed by atoms with Crippen LogP contribution in [0, 0.1) is 11.8 Å². The van der Waals surface area contributed by atoms with Crippen molar-refractivity contribution in [2.24, 2.45) is 16.9 Å². The van der Waals surface area contributed by atoms with Crippen molar-refractivity contribution in [1.29, 1.82) is 0 Å². The Balaban J connectivity index is 1.55. The Hall–Kier alpha value is -2.54. The number of hydrogen-bond acceptors (Lipinski definition) is 5. The number of fused-ring (bicyclic) bond motifs is 2. The lowest BCUT2D eigenvalue weighted by Gasteiger charge is -2.24. The van der Waals surface area contributed by atoms with E-state index >= 15 is 0 Å². The fourth-order valence-electron chi connectivity index (χ4n) is 3.97. The molecule has 1 N–H and O–H groups in total. The van der Waals surface area contributed by atoms with Crippen molar-refractivity contribution in [3.05, 3.63) is 42.2 Å². The molecule has 1 aromatic heterocycles. The molecule has 3 heterocycles. The molecule has 0 aromatic carbocycles. The highest BCUT2D eigenvalue weighted by molar-refractivity contribution is 5.93. The van der Waals surface area contributed by atoms with Gasteiger partial charge in [0.25, 0.3) is 5.91 Å². The maximum absolute atomic E-state index is 12.4. The molecule has 4 atom stereocenters. The first-order valence-corrected chi connectivity index (χ1v) is 9.80. The van der Waals surface area contributed by atoms with E-state index < -0.39 is 5.97 Å². The number of carbonyl (C=O) groups is 2. The second kappa shape index (κ2) is 9.59. The number of pyridine rings is 1. The Labute approximate surface area is 165 Å². The number of aliphatic carboxylic acids is 1. The van der Waals surface area contributed by atoms with Crippen molar-refractivity contribution in [3.8, 4) is 0 Å². The Morgan fingerprint density at radius 1 is 1.36 bits per heavy atom. The van der Waals surface area contributed by atoms with E-state index in [4.69, 9.17) is 9.84 Å². The summed E-state index contributed by atoms with van der Waals surface area (Å²) in [5.74, 6) is -0.411. The average molecular weight is 385 g/mol. The van der Waals surface area contributed by atoms with E-state index in [1.165, 1.54) is 11.2 Å². The van der Waals surface area contributed by atoms with E-state index in [1.807, 2.05) is 6.21 Å². The number of aromatic nitrogens is 1. The fourth-order valence-corrected chi connectivity index (χ4v) is 3.97. The normalized spacial score (nSPS) is 26.3. The summed E-state index contributed by atoms with van der Waals surface area (Å²) >= 11 is 0. The van der Waals surface area contributed by atoms with Gasteiger partial charge >= 0.3 is 5.97 Å². The predicted molar refractivity (Wildman–Crippen MR) is 105 cm³/mol. The van der Waals surface area contributed by atoms with E-state index in [-0.39, 0.29) is 30.5 Å². The highest BCUT2D eigenvalue weighted by Crippen LogP contribution is 2.44. The minimum atomic E-state index is -0.754. The smallest absolute Gasteiger partial charge is 0.303 e. The van der Waals surface area contributed by atoms with Crippen molar-refractivity contribution in [1.82, 2.24) is 9.99 Å². The van der Waals surface area contributed by atoms with Crippen molar-refractivity contribution in [2.45, 2.75) is 50.7 Å². The Kier molecular flexibility index (Phi) is 6.92. The maximum Gasteiger partial charge on any atom is 0.303 e. The minimum Gasteiger partial charge on any atom is -0.481 e. The molecule has 28 heavy (non-hydrogen) atoms. The van der Waals surface area contributed by atoms with E-state index in [2.05, 4.69) is 22.2 Å². The van der Waals surface area contributed by atoms with Crippen LogP contribution in [0.3, 0.4) is 0 Å². The lowest BCUT2D eigenvalue weighted by atomic mass is 9.78. The van der Waals surface area contributed by atoms with Gasteiger partial charge in [-0.1, -0.05) is 12.2 Å². The second-order valence-corrected chi connectivity index (χ2v) is 7.36. The van der Waals surface area contributed by atoms with Gasteiger partial charge in [-0.05, 0) is 50.2 Å². The van der Waals surface area contributed by atoms with Crippen LogP contribution in [0.15, 0.2) is 41.8 Å². The third-order valence-corrected chi connectivity index (χ3v) is 5.44. The number of carboxylic acid groups (broad SMARTS) is 1. The molecule has 2 saturated heterocycles. The molecule has 0 radical (unpaired) electrons. The Morgan fingerprint density at radius 2 is 2.18 bits per heavy atom. The van der Waals surface area contributed by atoms with Crippen LogP contribution in [-0.2, 0) is 9.53 Å². The van der Waals surface area contributed by atoms with E-state index in [0.717, 1.165) is 25.7 Å². The highest BCUT2D eigenvalue weighted by Gasteiger charge is 2.47. The molecule has 0 aliphatic carbocycles. The first-order valence-electron chi connectivity index (χ1n) is 9.80. The van der Waals surface area contributed by atoms with Gasteiger partial charge in [-0.15, -0.1) is 0 Å². The van der Waals surface area contributed by atoms with Crippen LogP contribution in [0.25, 0.3) is 0 Å². The SMILES string of the molecule is CN(N=C[C@@H]1[C@@H](C/C=C\CCCC(=O)O)[C@H]2CC[C@@H]1O2)C(=O)c1cccnc1. The first-order chi connectivity index (χ1) is 13.6. The van der Waals surface area contributed by atoms with Crippen LogP contribution in [0.5, 0.6) is 0 Å². The zero-order valence-electron chi connectivity index (χ0n) is 16.1. The van der Waals surface area contributed by atoms with Gasteiger partial charge in [-0.2, -0.15) is 5.10 Å². The molecular formula is C21H27N3O4. The van der Waals surface area contributed by atoms with E-state index in [0.29, 0.717) is 17.9 Å². The number of hydrazone groups is 1. The standard InChI is InChI=1S/C21H27N3O4/c1-24(21(27)15-7-6-12-22-13-15)23-14-17-16(18-10-11-19(17)28-18)8-4-2-3-5-9-20(25)26/h2,4,6-7,12-14,16-19H,3,5,8-11H2,1H3,(H,25,26)/b4-2-,23-14?/t16-,17-,18-,19+/m1/s1. The molecule has 0 saturated carbocycles. The summed E-state index contributed by atoms with van der Waals surface area (Å²) in [5, 5.41) is 14.4. The lowest BCUT2D eigenvalue weighted by molar-refractivity contribution is -0.137. The third-order valence-electron chi connectivity index (χ3n) is 5.44. The van der Waals surface area contributed by atoms with Gasteiger partial charge in [-0.25, -0.2) is 5.01 Å². The lowest BCUT2D eigenvalue weighted by Crippen LogP contribution is -2.29. The molecule has 7 heteroatoms. The second-order valence-electron chi connectivity index (χ2n) is 7.36. The molecule has 2 bridgehead atoms. The number of hydrogen-bond donors (Lipinski definition) is 1. The van der Waals surface area contributed by atoms with Gasteiger partial charge in [0.15, 0.2) is 0 Å². The Morgan fingerprint density at radius 3 is 2.93 bits per heavy atom. The molecule has 150 valence electrons. The van der Waals surface area contributed by atoms with Gasteiger partial charge in [0.05, 0.1) is 17.8 Å². The quantitative estimate of drug-likeness (QED) is 0.305. The van der Waals surface area contributed by atoms with Gasteiger partial charge in [0, 0.05) is 38.0 Å². The van der Waals surface area contributed by atoms with Gasteiger partial charge in [0.1, 0.15) is 0 Å². The molecule has 2 aliphatic rings. The van der Waals surface area contributed by atoms with E-state index in [9.17, 15) is 9.59 Å². The van der Waals surface area contributed by atoms with Crippen molar-refractivity contribution in [3.63, 3.8) is 0 Å². The number of carbonyl (C=O) groups excluding carboxylic acids is 1. The summed E-state index contributed by atoms with van der Waals surface area (Å²) in [6, 6.07) is 3.45. The summed E-state index contributed by atoms with van der Waals surface area (Å²) in [7, 11) is 1.65. The third kappa shape index (κ3) is 5.04.